The summed E-state index contributed by atoms with van der Waals surface area (Å²) in [5, 5.41) is 6.59. The lowest BCUT2D eigenvalue weighted by Gasteiger charge is -2.36. The molecule has 0 unspecified atom stereocenters. The minimum atomic E-state index is -0.371. The molecule has 2 aromatic heterocycles. The summed E-state index contributed by atoms with van der Waals surface area (Å²) >= 11 is 0. The Balaban J connectivity index is 1.37. The van der Waals surface area contributed by atoms with Crippen LogP contribution >= 0.6 is 0 Å². The van der Waals surface area contributed by atoms with Crippen molar-refractivity contribution in [2.45, 2.75) is 6.54 Å². The molecular formula is C20H21N7O2. The van der Waals surface area contributed by atoms with Crippen molar-refractivity contribution in [1.29, 1.82) is 0 Å². The Morgan fingerprint density at radius 2 is 1.72 bits per heavy atom. The largest absolute Gasteiger partial charge is 0.368 e. The van der Waals surface area contributed by atoms with Gasteiger partial charge < -0.3 is 15.1 Å². The fraction of sp³-hybridized carbons (Fsp3) is 0.250. The number of nitrogens with zero attached hydrogens (tertiary/aromatic N) is 6. The van der Waals surface area contributed by atoms with Gasteiger partial charge in [-0.1, -0.05) is 18.2 Å². The number of rotatable bonds is 5. The highest BCUT2D eigenvalue weighted by Gasteiger charge is 2.19. The molecule has 3 aromatic rings. The van der Waals surface area contributed by atoms with Crippen molar-refractivity contribution >= 4 is 23.2 Å². The summed E-state index contributed by atoms with van der Waals surface area (Å²) in [6.45, 7) is 3.25. The maximum atomic E-state index is 12.2. The fourth-order valence-electron chi connectivity index (χ4n) is 3.25. The van der Waals surface area contributed by atoms with Gasteiger partial charge in [0.1, 0.15) is 24.5 Å². The number of hydrogen-bond acceptors (Lipinski definition) is 7. The molecule has 3 heterocycles. The van der Waals surface area contributed by atoms with Crippen LogP contribution in [0.15, 0.2) is 65.8 Å². The van der Waals surface area contributed by atoms with Gasteiger partial charge in [-0.15, -0.1) is 0 Å². The first-order valence-electron chi connectivity index (χ1n) is 9.38. The van der Waals surface area contributed by atoms with Gasteiger partial charge in [-0.25, -0.2) is 14.6 Å². The topological polar surface area (TPSA) is 96.2 Å². The van der Waals surface area contributed by atoms with E-state index in [0.717, 1.165) is 36.7 Å². The average Bonchev–Trinajstić information content (AvgIpc) is 2.76. The zero-order chi connectivity index (χ0) is 20.1. The maximum absolute atomic E-state index is 12.2. The Kier molecular flexibility index (Phi) is 5.46. The van der Waals surface area contributed by atoms with E-state index in [2.05, 4.69) is 42.3 Å². The van der Waals surface area contributed by atoms with Crippen LogP contribution in [0.25, 0.3) is 0 Å². The van der Waals surface area contributed by atoms with Gasteiger partial charge in [0.25, 0.3) is 5.56 Å². The molecule has 0 atom stereocenters. The molecule has 148 valence electrons. The number of anilines is 3. The van der Waals surface area contributed by atoms with Crippen LogP contribution in [0.5, 0.6) is 0 Å². The second-order valence-corrected chi connectivity index (χ2v) is 6.64. The average molecular weight is 391 g/mol. The van der Waals surface area contributed by atoms with E-state index in [1.807, 2.05) is 18.2 Å². The number of carbonyl (C=O) groups is 1. The first-order chi connectivity index (χ1) is 14.2. The molecule has 4 rings (SSSR count). The van der Waals surface area contributed by atoms with Crippen LogP contribution in [0.4, 0.5) is 17.3 Å². The molecule has 1 aliphatic heterocycles. The van der Waals surface area contributed by atoms with E-state index in [9.17, 15) is 9.59 Å². The van der Waals surface area contributed by atoms with Crippen LogP contribution in [0.1, 0.15) is 0 Å². The summed E-state index contributed by atoms with van der Waals surface area (Å²) in [5.41, 5.74) is 0.884. The van der Waals surface area contributed by atoms with Crippen LogP contribution in [-0.4, -0.2) is 51.8 Å². The van der Waals surface area contributed by atoms with E-state index in [1.54, 1.807) is 6.07 Å². The number of hydrogen-bond donors (Lipinski definition) is 1. The van der Waals surface area contributed by atoms with Crippen LogP contribution in [0, 0.1) is 0 Å². The van der Waals surface area contributed by atoms with Crippen LogP contribution in [0.2, 0.25) is 0 Å². The maximum Gasteiger partial charge on any atom is 0.267 e. The first-order valence-corrected chi connectivity index (χ1v) is 9.38. The van der Waals surface area contributed by atoms with E-state index in [0.29, 0.717) is 5.82 Å². The molecule has 1 saturated heterocycles. The second-order valence-electron chi connectivity index (χ2n) is 6.64. The normalized spacial score (nSPS) is 13.9. The van der Waals surface area contributed by atoms with Crippen LogP contribution in [0.3, 0.4) is 0 Å². The number of piperazine rings is 1. The summed E-state index contributed by atoms with van der Waals surface area (Å²) in [7, 11) is 0. The van der Waals surface area contributed by atoms with Gasteiger partial charge in [0.05, 0.1) is 0 Å². The van der Waals surface area contributed by atoms with Crippen molar-refractivity contribution in [3.8, 4) is 0 Å². The fourth-order valence-corrected chi connectivity index (χ4v) is 3.25. The lowest BCUT2D eigenvalue weighted by molar-refractivity contribution is -0.117. The number of amides is 1. The molecule has 1 fully saturated rings. The number of benzene rings is 1. The minimum absolute atomic E-state index is 0.172. The molecule has 1 amide bonds. The Morgan fingerprint density at radius 1 is 0.966 bits per heavy atom. The predicted octanol–water partition coefficient (Wildman–Crippen LogP) is 0.999. The number of carbonyl (C=O) groups excluding carboxylic acids is 1. The molecule has 0 bridgehead atoms. The highest BCUT2D eigenvalue weighted by molar-refractivity contribution is 5.89. The Hall–Kier alpha value is -3.75. The standard InChI is InChI=1S/C20H21N7O2/c28-19(14-27-20(29)7-4-8-23-27)24-17-13-18(22-15-21-17)26-11-9-25(10-12-26)16-5-2-1-3-6-16/h1-8,13,15H,9-12,14H2,(H,21,22,24,28). The van der Waals surface area contributed by atoms with E-state index < -0.39 is 0 Å². The van der Waals surface area contributed by atoms with Crippen LogP contribution in [-0.2, 0) is 11.3 Å². The Bertz CT molecular complexity index is 1030. The summed E-state index contributed by atoms with van der Waals surface area (Å²) in [4.78, 5) is 36.9. The van der Waals surface area contributed by atoms with Crippen molar-refractivity contribution < 1.29 is 4.79 Å². The summed E-state index contributed by atoms with van der Waals surface area (Å²) < 4.78 is 1.10. The van der Waals surface area contributed by atoms with Crippen molar-refractivity contribution in [2.24, 2.45) is 0 Å². The highest BCUT2D eigenvalue weighted by Crippen LogP contribution is 2.20. The number of aromatic nitrogens is 4. The van der Waals surface area contributed by atoms with Gasteiger partial charge in [0, 0.05) is 50.2 Å². The monoisotopic (exact) mass is 391 g/mol. The summed E-state index contributed by atoms with van der Waals surface area (Å²) in [6, 6.07) is 15.0. The molecule has 1 N–H and O–H groups in total. The zero-order valence-corrected chi connectivity index (χ0v) is 15.8. The minimum Gasteiger partial charge on any atom is -0.368 e. The van der Waals surface area contributed by atoms with E-state index in [4.69, 9.17) is 0 Å². The molecular weight excluding hydrogens is 370 g/mol. The quantitative estimate of drug-likeness (QED) is 0.693. The lowest BCUT2D eigenvalue weighted by Crippen LogP contribution is -2.46. The summed E-state index contributed by atoms with van der Waals surface area (Å²) in [5.74, 6) is 0.789. The molecule has 0 saturated carbocycles. The van der Waals surface area contributed by atoms with Gasteiger partial charge >= 0.3 is 0 Å². The lowest BCUT2D eigenvalue weighted by atomic mass is 10.2. The SMILES string of the molecule is O=C(Cn1ncccc1=O)Nc1cc(N2CCN(c3ccccc3)CC2)ncn1. The Labute approximate surface area is 167 Å². The van der Waals surface area contributed by atoms with Gasteiger partial charge in [0.15, 0.2) is 0 Å². The molecule has 9 nitrogen and oxygen atoms in total. The van der Waals surface area contributed by atoms with E-state index in [1.165, 1.54) is 30.3 Å². The predicted molar refractivity (Wildman–Crippen MR) is 110 cm³/mol. The third-order valence-corrected chi connectivity index (χ3v) is 4.72. The first kappa shape index (κ1) is 18.6. The van der Waals surface area contributed by atoms with Gasteiger partial charge in [-0.3, -0.25) is 9.59 Å². The molecule has 9 heteroatoms. The third-order valence-electron chi connectivity index (χ3n) is 4.72. The number of nitrogens with one attached hydrogen (secondary N) is 1. The van der Waals surface area contributed by atoms with Crippen molar-refractivity contribution in [3.63, 3.8) is 0 Å². The second kappa shape index (κ2) is 8.51. The van der Waals surface area contributed by atoms with Crippen LogP contribution < -0.4 is 20.7 Å². The van der Waals surface area contributed by atoms with Crippen molar-refractivity contribution in [3.05, 3.63) is 71.4 Å². The molecule has 1 aromatic carbocycles. The Morgan fingerprint density at radius 3 is 2.48 bits per heavy atom. The number of para-hydroxylation sites is 1. The molecule has 1 aliphatic rings. The molecule has 0 spiro atoms. The molecule has 29 heavy (non-hydrogen) atoms. The van der Waals surface area contributed by atoms with Gasteiger partial charge in [0.2, 0.25) is 5.91 Å². The zero-order valence-electron chi connectivity index (χ0n) is 15.8. The third kappa shape index (κ3) is 4.57. The molecule has 0 radical (unpaired) electrons. The summed E-state index contributed by atoms with van der Waals surface area (Å²) in [6.07, 6.45) is 2.90. The van der Waals surface area contributed by atoms with Gasteiger partial charge in [-0.2, -0.15) is 5.10 Å². The van der Waals surface area contributed by atoms with Crippen molar-refractivity contribution in [2.75, 3.05) is 41.3 Å². The molecule has 0 aliphatic carbocycles. The smallest absolute Gasteiger partial charge is 0.267 e. The van der Waals surface area contributed by atoms with E-state index >= 15 is 0 Å². The van der Waals surface area contributed by atoms with Crippen molar-refractivity contribution in [1.82, 2.24) is 19.7 Å². The highest BCUT2D eigenvalue weighted by atomic mass is 16.2. The van der Waals surface area contributed by atoms with Gasteiger partial charge in [-0.05, 0) is 18.2 Å². The van der Waals surface area contributed by atoms with E-state index in [-0.39, 0.29) is 18.0 Å².